The Morgan fingerprint density at radius 3 is 2.41 bits per heavy atom. The Bertz CT molecular complexity index is 665. The van der Waals surface area contributed by atoms with Gasteiger partial charge in [-0.3, -0.25) is 0 Å². The first kappa shape index (κ1) is 16.2. The molecule has 0 aliphatic carbocycles. The van der Waals surface area contributed by atoms with Gasteiger partial charge in [-0.2, -0.15) is 0 Å². The molecule has 0 heterocycles. The van der Waals surface area contributed by atoms with Crippen LogP contribution in [0.4, 0.5) is 5.69 Å². The van der Waals surface area contributed by atoms with E-state index in [2.05, 4.69) is 6.07 Å². The van der Waals surface area contributed by atoms with Gasteiger partial charge in [0.1, 0.15) is 19.0 Å². The summed E-state index contributed by atoms with van der Waals surface area (Å²) in [5, 5.41) is 0.412. The highest BCUT2D eigenvalue weighted by Gasteiger charge is 2.09. The van der Waals surface area contributed by atoms with Gasteiger partial charge in [0, 0.05) is 0 Å². The van der Waals surface area contributed by atoms with Crippen LogP contribution in [0.3, 0.4) is 0 Å². The van der Waals surface area contributed by atoms with Gasteiger partial charge in [0.15, 0.2) is 0 Å². The van der Waals surface area contributed by atoms with Crippen molar-refractivity contribution in [1.29, 1.82) is 0 Å². The highest BCUT2D eigenvalue weighted by Crippen LogP contribution is 2.20. The number of nitrogens with two attached hydrogens (primary N) is 1. The van der Waals surface area contributed by atoms with Crippen LogP contribution in [0.1, 0.15) is 21.5 Å². The van der Waals surface area contributed by atoms with Gasteiger partial charge in [-0.05, 0) is 55.3 Å². The molecule has 0 saturated heterocycles. The van der Waals surface area contributed by atoms with Crippen molar-refractivity contribution in [3.05, 3.63) is 58.1 Å². The van der Waals surface area contributed by atoms with Crippen molar-refractivity contribution in [3.8, 4) is 5.75 Å². The molecule has 0 amide bonds. The Kier molecular flexibility index (Phi) is 5.28. The summed E-state index contributed by atoms with van der Waals surface area (Å²) in [6, 6.07) is 10.6. The number of hydrogen-bond acceptors (Lipinski definition) is 4. The van der Waals surface area contributed by atoms with Crippen molar-refractivity contribution in [2.24, 2.45) is 0 Å². The van der Waals surface area contributed by atoms with Crippen LogP contribution in [0.2, 0.25) is 5.02 Å². The van der Waals surface area contributed by atoms with Crippen LogP contribution in [-0.2, 0) is 4.74 Å². The molecule has 0 aliphatic heterocycles. The van der Waals surface area contributed by atoms with Crippen LogP contribution in [0.15, 0.2) is 36.4 Å². The molecule has 0 unspecified atom stereocenters. The molecule has 4 nitrogen and oxygen atoms in total. The van der Waals surface area contributed by atoms with Gasteiger partial charge in [0.25, 0.3) is 0 Å². The molecule has 116 valence electrons. The summed E-state index contributed by atoms with van der Waals surface area (Å²) in [4.78, 5) is 11.9. The van der Waals surface area contributed by atoms with Crippen molar-refractivity contribution in [3.63, 3.8) is 0 Å². The third-order valence-electron chi connectivity index (χ3n) is 3.01. The molecule has 0 aromatic heterocycles. The summed E-state index contributed by atoms with van der Waals surface area (Å²) in [5.41, 5.74) is 8.63. The fourth-order valence-corrected chi connectivity index (χ4v) is 2.18. The average molecular weight is 320 g/mol. The normalized spacial score (nSPS) is 10.3. The lowest BCUT2D eigenvalue weighted by molar-refractivity contribution is 0.0450. The number of nitrogen functional groups attached to an aromatic ring is 1. The predicted octanol–water partition coefficient (Wildman–Crippen LogP) is 3.77. The van der Waals surface area contributed by atoms with Gasteiger partial charge < -0.3 is 15.2 Å². The van der Waals surface area contributed by atoms with Gasteiger partial charge >= 0.3 is 5.97 Å². The maximum Gasteiger partial charge on any atom is 0.338 e. The highest BCUT2D eigenvalue weighted by atomic mass is 35.5. The maximum atomic E-state index is 11.9. The van der Waals surface area contributed by atoms with Crippen LogP contribution >= 0.6 is 11.6 Å². The molecule has 0 bridgehead atoms. The second kappa shape index (κ2) is 7.18. The summed E-state index contributed by atoms with van der Waals surface area (Å²) in [7, 11) is 0. The smallest absolute Gasteiger partial charge is 0.338 e. The maximum absolute atomic E-state index is 11.9. The van der Waals surface area contributed by atoms with Gasteiger partial charge in [-0.25, -0.2) is 4.79 Å². The lowest BCUT2D eigenvalue weighted by Crippen LogP contribution is -2.12. The summed E-state index contributed by atoms with van der Waals surface area (Å²) in [6.07, 6.45) is 0. The second-order valence-electron chi connectivity index (χ2n) is 5.04. The highest BCUT2D eigenvalue weighted by molar-refractivity contribution is 6.33. The van der Waals surface area contributed by atoms with E-state index in [4.69, 9.17) is 26.8 Å². The monoisotopic (exact) mass is 319 g/mol. The Hall–Kier alpha value is -2.20. The first-order valence-corrected chi connectivity index (χ1v) is 7.27. The van der Waals surface area contributed by atoms with E-state index in [-0.39, 0.29) is 13.2 Å². The first-order valence-electron chi connectivity index (χ1n) is 6.89. The van der Waals surface area contributed by atoms with E-state index >= 15 is 0 Å². The van der Waals surface area contributed by atoms with E-state index in [9.17, 15) is 4.79 Å². The summed E-state index contributed by atoms with van der Waals surface area (Å²) < 4.78 is 10.7. The lowest BCUT2D eigenvalue weighted by Gasteiger charge is -2.09. The van der Waals surface area contributed by atoms with E-state index < -0.39 is 5.97 Å². The summed E-state index contributed by atoms with van der Waals surface area (Å²) in [5.74, 6) is 0.316. The summed E-state index contributed by atoms with van der Waals surface area (Å²) >= 11 is 5.81. The SMILES string of the molecule is Cc1cc(C)cc(OCCOC(=O)c2ccc(Cl)c(N)c2)c1. The molecular weight excluding hydrogens is 302 g/mol. The quantitative estimate of drug-likeness (QED) is 0.517. The molecule has 0 radical (unpaired) electrons. The van der Waals surface area contributed by atoms with Crippen molar-refractivity contribution >= 4 is 23.3 Å². The molecule has 0 saturated carbocycles. The van der Waals surface area contributed by atoms with E-state index in [0.29, 0.717) is 16.3 Å². The molecule has 0 spiro atoms. The largest absolute Gasteiger partial charge is 0.490 e. The molecule has 0 fully saturated rings. The number of carbonyl (C=O) groups excluding carboxylic acids is 1. The molecule has 0 aliphatic rings. The number of anilines is 1. The average Bonchev–Trinajstić information content (AvgIpc) is 2.45. The molecule has 2 aromatic rings. The Balaban J connectivity index is 1.83. The zero-order chi connectivity index (χ0) is 16.1. The minimum Gasteiger partial charge on any atom is -0.490 e. The van der Waals surface area contributed by atoms with Gasteiger partial charge in [0.05, 0.1) is 16.3 Å². The molecule has 2 rings (SSSR count). The van der Waals surface area contributed by atoms with Gasteiger partial charge in [0.2, 0.25) is 0 Å². The van der Waals surface area contributed by atoms with Crippen LogP contribution < -0.4 is 10.5 Å². The zero-order valence-corrected chi connectivity index (χ0v) is 13.3. The predicted molar refractivity (Wildman–Crippen MR) is 87.6 cm³/mol. The fraction of sp³-hybridized carbons (Fsp3) is 0.235. The molecule has 5 heteroatoms. The Morgan fingerprint density at radius 1 is 1.09 bits per heavy atom. The van der Waals surface area contributed by atoms with Crippen molar-refractivity contribution in [1.82, 2.24) is 0 Å². The fourth-order valence-electron chi connectivity index (χ4n) is 2.06. The number of ether oxygens (including phenoxy) is 2. The second-order valence-corrected chi connectivity index (χ2v) is 5.45. The lowest BCUT2D eigenvalue weighted by atomic mass is 10.1. The number of hydrogen-bond donors (Lipinski definition) is 1. The van der Waals surface area contributed by atoms with Crippen molar-refractivity contribution < 1.29 is 14.3 Å². The zero-order valence-electron chi connectivity index (χ0n) is 12.6. The van der Waals surface area contributed by atoms with Crippen molar-refractivity contribution in [2.75, 3.05) is 18.9 Å². The first-order chi connectivity index (χ1) is 10.5. The molecule has 2 aromatic carbocycles. The summed E-state index contributed by atoms with van der Waals surface area (Å²) in [6.45, 7) is 4.46. The van der Waals surface area contributed by atoms with E-state index in [1.165, 1.54) is 6.07 Å². The number of esters is 1. The van der Waals surface area contributed by atoms with E-state index in [1.807, 2.05) is 26.0 Å². The van der Waals surface area contributed by atoms with Crippen LogP contribution in [-0.4, -0.2) is 19.2 Å². The molecule has 2 N–H and O–H groups in total. The van der Waals surface area contributed by atoms with Gasteiger partial charge in [-0.1, -0.05) is 17.7 Å². The van der Waals surface area contributed by atoms with Gasteiger partial charge in [-0.15, -0.1) is 0 Å². The van der Waals surface area contributed by atoms with Crippen LogP contribution in [0, 0.1) is 13.8 Å². The molecule has 22 heavy (non-hydrogen) atoms. The van der Waals surface area contributed by atoms with E-state index in [1.54, 1.807) is 12.1 Å². The number of carbonyl (C=O) groups is 1. The van der Waals surface area contributed by atoms with Crippen LogP contribution in [0.25, 0.3) is 0 Å². The topological polar surface area (TPSA) is 61.5 Å². The number of rotatable bonds is 5. The Morgan fingerprint density at radius 2 is 1.77 bits per heavy atom. The number of benzene rings is 2. The third-order valence-corrected chi connectivity index (χ3v) is 3.36. The molecular formula is C17H18ClNO3. The van der Waals surface area contributed by atoms with E-state index in [0.717, 1.165) is 16.9 Å². The van der Waals surface area contributed by atoms with Crippen LogP contribution in [0.5, 0.6) is 5.75 Å². The standard InChI is InChI=1S/C17H18ClNO3/c1-11-7-12(2)9-14(8-11)21-5-6-22-17(20)13-3-4-15(18)16(19)10-13/h3-4,7-10H,5-6,19H2,1-2H3. The molecule has 0 atom stereocenters. The Labute approximate surface area is 134 Å². The third kappa shape index (κ3) is 4.40. The number of aryl methyl sites for hydroxylation is 2. The number of halogens is 1. The van der Waals surface area contributed by atoms with Crippen molar-refractivity contribution in [2.45, 2.75) is 13.8 Å². The minimum absolute atomic E-state index is 0.161. The minimum atomic E-state index is -0.451.